The van der Waals surface area contributed by atoms with Gasteiger partial charge in [-0.15, -0.1) is 5.06 Å². The van der Waals surface area contributed by atoms with Crippen molar-refractivity contribution in [2.24, 2.45) is 0 Å². The fourth-order valence-corrected chi connectivity index (χ4v) is 1.85. The van der Waals surface area contributed by atoms with Gasteiger partial charge in [0.2, 0.25) is 5.91 Å². The van der Waals surface area contributed by atoms with Gasteiger partial charge in [-0.1, -0.05) is 6.92 Å². The molecule has 34 heavy (non-hydrogen) atoms. The van der Waals surface area contributed by atoms with E-state index in [0.29, 0.717) is 24.4 Å². The molecule has 0 aromatic heterocycles. The molecule has 0 radical (unpaired) electrons. The average Bonchev–Trinajstić information content (AvgIpc) is 3.18. The summed E-state index contributed by atoms with van der Waals surface area (Å²) in [7, 11) is 3.00. The number of carbonyl (C=O) groups is 4. The largest absolute Gasteiger partial charge is 0.521 e. The van der Waals surface area contributed by atoms with Crippen LogP contribution >= 0.6 is 0 Å². The van der Waals surface area contributed by atoms with Gasteiger partial charge in [0.1, 0.15) is 0 Å². The molecule has 1 fully saturated rings. The van der Waals surface area contributed by atoms with E-state index in [2.05, 4.69) is 10.2 Å². The average molecular weight is 742 g/mol. The maximum Gasteiger partial charge on any atom is 0.349 e. The van der Waals surface area contributed by atoms with E-state index in [9.17, 15) is 24.0 Å². The number of rotatable bonds is 11. The van der Waals surface area contributed by atoms with Crippen LogP contribution in [0.15, 0.2) is 0 Å². The van der Waals surface area contributed by atoms with Crippen molar-refractivity contribution in [3.63, 3.8) is 0 Å². The van der Waals surface area contributed by atoms with Crippen LogP contribution in [0.25, 0.3) is 0 Å². The zero-order chi connectivity index (χ0) is 26.7. The van der Waals surface area contributed by atoms with Crippen LogP contribution < -0.4 is 10.6 Å². The number of hydroxylamine groups is 2. The Morgan fingerprint density at radius 2 is 1.56 bits per heavy atom. The van der Waals surface area contributed by atoms with Crippen molar-refractivity contribution in [2.75, 3.05) is 41.0 Å². The van der Waals surface area contributed by atoms with Crippen molar-refractivity contribution in [1.29, 1.82) is 0 Å². The maximum absolute atomic E-state index is 10.9. The fraction of sp³-hybridized carbons (Fsp3) is 0.737. The number of nitrogens with zero attached hydrogens (tertiary/aromatic N) is 1. The number of hydrogen-bond acceptors (Lipinski definition) is 11. The van der Waals surface area contributed by atoms with E-state index in [0.717, 1.165) is 34.2 Å². The Bertz CT molecular complexity index is 510. The summed E-state index contributed by atoms with van der Waals surface area (Å²) in [5.41, 5.74) is 0. The second-order valence-corrected chi connectivity index (χ2v) is 5.54. The Morgan fingerprint density at radius 1 is 1.06 bits per heavy atom. The van der Waals surface area contributed by atoms with Gasteiger partial charge < -0.3 is 45.8 Å². The topological polar surface area (TPSA) is 223 Å². The van der Waals surface area contributed by atoms with Gasteiger partial charge in [0.05, 0.1) is 19.3 Å². The summed E-state index contributed by atoms with van der Waals surface area (Å²) in [5, 5.41) is 43.5. The monoisotopic (exact) mass is 741 g/mol. The third-order valence-corrected chi connectivity index (χ3v) is 3.32. The van der Waals surface area contributed by atoms with Crippen molar-refractivity contribution >= 4 is 30.1 Å². The van der Waals surface area contributed by atoms with Crippen LogP contribution in [-0.2, 0) is 28.8 Å². The van der Waals surface area contributed by atoms with Crippen molar-refractivity contribution in [2.45, 2.75) is 51.6 Å². The number of unbranched alkanes of at least 4 members (excludes halogenated alkanes) is 1. The van der Waals surface area contributed by atoms with E-state index in [1.165, 1.54) is 6.41 Å². The number of aliphatic hydroxyl groups excluding tert-OH is 5. The molecule has 1 aliphatic rings. The Hall–Kier alpha value is -3.65. The van der Waals surface area contributed by atoms with Crippen LogP contribution in [0, 0.1) is 0 Å². The smallest absolute Gasteiger partial charge is 0.349 e. The standard InChI is InChI=1S/C9H19NO3.C7H7N2O5.3CH4O.Fm/c1-2-9(13)10-6-4-3-5-8(12)7-11;10-4-8-3-7(13)14-9-5(11)1-2-6(9)12;3*1-2;/h8,11-12H,2-7H2,1H3,(H,10,13);1-3H2,(H,8,10);3*2H,1H3;/q;-1;;;;/t8-;;;;;/m0...../s1. The first kappa shape index (κ1) is 40.7. The first-order valence-electron chi connectivity index (χ1n) is 9.92. The van der Waals surface area contributed by atoms with Gasteiger partial charge in [0, 0.05) is 47.1 Å². The minimum Gasteiger partial charge on any atom is -0.521 e. The maximum atomic E-state index is 10.9. The summed E-state index contributed by atoms with van der Waals surface area (Å²) in [5.74, 6) is -1.95. The van der Waals surface area contributed by atoms with E-state index in [1.54, 1.807) is 0 Å². The number of amides is 4. The van der Waals surface area contributed by atoms with E-state index < -0.39 is 30.4 Å². The second kappa shape index (κ2) is 31.5. The minimum atomic E-state index is -0.892. The zero-order valence-corrected chi connectivity index (χ0v) is 22.3. The van der Waals surface area contributed by atoms with Crippen LogP contribution in [0.5, 0.6) is 0 Å². The molecule has 0 unspecified atom stereocenters. The molecule has 4 amide bonds. The molecule has 1 atom stereocenters. The van der Waals surface area contributed by atoms with Crippen LogP contribution in [0.1, 0.15) is 45.4 Å². The third-order valence-electron chi connectivity index (χ3n) is 3.32. The molecule has 0 spiro atoms. The molecule has 1 rings (SSSR count). The van der Waals surface area contributed by atoms with Crippen LogP contribution in [0.3, 0.4) is 0 Å². The molecule has 0 aromatic carbocycles. The SMILES string of the molecule is CCC(=O)NCCCC[C@H](O)CO.CO.CO.CO.O=[C-]NCC(=O)ON1C(=O)CCC1=O.[Fm]. The Balaban J connectivity index is -0.000000132. The van der Waals surface area contributed by atoms with Crippen molar-refractivity contribution in [3.8, 4) is 0 Å². The Morgan fingerprint density at radius 3 is 1.97 bits per heavy atom. The summed E-state index contributed by atoms with van der Waals surface area (Å²) in [6.45, 7) is 1.86. The molecule has 0 bridgehead atoms. The summed E-state index contributed by atoms with van der Waals surface area (Å²) in [6, 6.07) is 0. The van der Waals surface area contributed by atoms with Crippen molar-refractivity contribution < 1.29 is 54.3 Å². The number of aliphatic hydroxyl groups is 5. The van der Waals surface area contributed by atoms with E-state index in [-0.39, 0.29) is 25.4 Å². The summed E-state index contributed by atoms with van der Waals surface area (Å²) in [6.07, 6.45) is 3.51. The zero-order valence-electron chi connectivity index (χ0n) is 19.9. The molecule has 0 saturated carbocycles. The molecule has 0 aliphatic carbocycles. The first-order chi connectivity index (χ1) is 15.8. The second-order valence-electron chi connectivity index (χ2n) is 5.54. The van der Waals surface area contributed by atoms with Gasteiger partial charge in [-0.2, -0.15) is 6.41 Å². The van der Waals surface area contributed by atoms with Crippen molar-refractivity contribution in [3.05, 3.63) is 0 Å². The molecule has 0 aromatic rings. The predicted molar refractivity (Wildman–Crippen MR) is 116 cm³/mol. The third kappa shape index (κ3) is 24.6. The van der Waals surface area contributed by atoms with Gasteiger partial charge in [-0.25, -0.2) is 4.79 Å². The molecule has 1 aliphatic heterocycles. The van der Waals surface area contributed by atoms with Crippen LogP contribution in [0.2, 0.25) is 0 Å². The van der Waals surface area contributed by atoms with Gasteiger partial charge in [0.15, 0.2) is 0 Å². The first-order valence-corrected chi connectivity index (χ1v) is 9.92. The normalized spacial score (nSPS) is 11.7. The van der Waals surface area contributed by atoms with E-state index >= 15 is 0 Å². The summed E-state index contributed by atoms with van der Waals surface area (Å²) in [4.78, 5) is 57.5. The molecule has 1 saturated heterocycles. The number of nitrogens with one attached hydrogen (secondary N) is 2. The van der Waals surface area contributed by atoms with E-state index in [1.807, 2.05) is 12.2 Å². The molecule has 208 valence electrons. The molecule has 15 heteroatoms. The fourth-order valence-electron chi connectivity index (χ4n) is 1.85. The molecule has 7 N–H and O–H groups in total. The molecule has 1 heterocycles. The minimum absolute atomic E-state index is 0. The van der Waals surface area contributed by atoms with Crippen molar-refractivity contribution in [1.82, 2.24) is 15.7 Å². The molecule has 14 nitrogen and oxygen atoms in total. The van der Waals surface area contributed by atoms with Crippen LogP contribution in [-0.4, -0.2) is 108 Å². The van der Waals surface area contributed by atoms with Gasteiger partial charge in [0.25, 0.3) is 11.8 Å². The van der Waals surface area contributed by atoms with Gasteiger partial charge in [-0.05, 0) is 19.3 Å². The Labute approximate surface area is 193 Å². The van der Waals surface area contributed by atoms with Gasteiger partial charge >= 0.3 is 5.97 Å². The summed E-state index contributed by atoms with van der Waals surface area (Å²) < 4.78 is 0. The predicted octanol–water partition coefficient (Wildman–Crippen LogP) is -2.89. The molecular formula is C19H38FmN3O11-. The quantitative estimate of drug-likeness (QED) is 0.0493. The number of imide groups is 1. The van der Waals surface area contributed by atoms with E-state index in [4.69, 9.17) is 25.5 Å². The van der Waals surface area contributed by atoms with Gasteiger partial charge in [-0.3, -0.25) is 14.4 Å². The number of hydrogen-bond donors (Lipinski definition) is 7. The Kier molecular flexibility index (Phi) is 37.7. The molecular weight excluding hydrogens is 703 g/mol. The number of carbonyl (C=O) groups excluding carboxylic acids is 5. The summed E-state index contributed by atoms with van der Waals surface area (Å²) >= 11 is 0. The van der Waals surface area contributed by atoms with Crippen LogP contribution in [0.4, 0.5) is 0 Å².